The third kappa shape index (κ3) is 18.5. The molecule has 0 saturated heterocycles. The quantitative estimate of drug-likeness (QED) is 0.0845. The molecule has 0 atom stereocenters. The molecule has 392 valence electrons. The first kappa shape index (κ1) is 59.1. The van der Waals surface area contributed by atoms with Crippen molar-refractivity contribution in [1.82, 2.24) is 0 Å². The Balaban J connectivity index is 0.000000136. The Morgan fingerprint density at radius 2 is 0.203 bits per heavy atom. The van der Waals surface area contributed by atoms with Gasteiger partial charge >= 0.3 is 40.8 Å². The van der Waals surface area contributed by atoms with Gasteiger partial charge in [-0.2, -0.15) is 0 Å². The van der Waals surface area contributed by atoms with E-state index >= 15 is 0 Å². The monoisotopic (exact) mass is 1310 g/mol. The van der Waals surface area contributed by atoms with E-state index < -0.39 is 31.7 Å². The van der Waals surface area contributed by atoms with Crippen LogP contribution in [0.4, 0.5) is 0 Å². The average Bonchev–Trinajstić information content (AvgIpc) is 3.55. The van der Waals surface area contributed by atoms with Gasteiger partial charge in [-0.25, -0.2) is 0 Å². The average molecular weight is 1320 g/mol. The van der Waals surface area contributed by atoms with Crippen LogP contribution in [0.15, 0.2) is 364 Å². The second-order valence-corrected chi connectivity index (χ2v) is 33.5. The van der Waals surface area contributed by atoms with Gasteiger partial charge in [-0.1, -0.05) is 364 Å². The van der Waals surface area contributed by atoms with Gasteiger partial charge in [-0.15, -0.1) is 0 Å². The maximum atomic E-state index is 3.11. The molecule has 0 saturated carbocycles. The van der Waals surface area contributed by atoms with Crippen molar-refractivity contribution < 1.29 is 13.9 Å². The Labute approximate surface area is 495 Å². The minimum atomic E-state index is -0.446. The van der Waals surface area contributed by atoms with Gasteiger partial charge in [-0.3, -0.25) is 0 Å². The van der Waals surface area contributed by atoms with E-state index in [0.29, 0.717) is 13.9 Å². The van der Waals surface area contributed by atoms with Gasteiger partial charge in [0.1, 0.15) is 0 Å². The van der Waals surface area contributed by atoms with E-state index in [0.717, 1.165) is 0 Å². The summed E-state index contributed by atoms with van der Waals surface area (Å²) in [4.78, 5) is 0. The molecule has 12 aromatic rings. The maximum absolute atomic E-state index is 3.11. The van der Waals surface area contributed by atoms with Crippen molar-refractivity contribution in [3.63, 3.8) is 0 Å². The summed E-state index contributed by atoms with van der Waals surface area (Å²) >= 11 is 6.80. The summed E-state index contributed by atoms with van der Waals surface area (Å²) < 4.78 is 0. The fourth-order valence-electron chi connectivity index (χ4n) is 8.71. The van der Waals surface area contributed by atoms with E-state index in [-0.39, 0.29) is 0 Å². The smallest absolute Gasteiger partial charge is 0.0134 e. The van der Waals surface area contributed by atoms with Gasteiger partial charge in [0.2, 0.25) is 0 Å². The third-order valence-electron chi connectivity index (χ3n) is 12.2. The molecule has 0 heterocycles. The summed E-state index contributed by atoms with van der Waals surface area (Å²) in [5, 5.41) is 16.8. The zero-order valence-electron chi connectivity index (χ0n) is 43.5. The Bertz CT molecular complexity index is 2610. The predicted molar refractivity (Wildman–Crippen MR) is 358 cm³/mol. The van der Waals surface area contributed by atoms with E-state index in [1.54, 1.807) is 0 Å². The number of benzene rings is 12. The van der Waals surface area contributed by atoms with Crippen molar-refractivity contribution in [2.75, 3.05) is 0 Å². The number of hydrogen-bond acceptors (Lipinski definition) is 0. The maximum Gasteiger partial charge on any atom is -0.0134 e. The van der Waals surface area contributed by atoms with E-state index in [1.807, 2.05) is 0 Å². The van der Waals surface area contributed by atoms with Crippen molar-refractivity contribution in [1.29, 1.82) is 0 Å². The Kier molecular flexibility index (Phi) is 25.6. The largest absolute Gasteiger partial charge is 0.0622 e. The van der Waals surface area contributed by atoms with Crippen LogP contribution in [0.25, 0.3) is 0 Å². The van der Waals surface area contributed by atoms with Crippen molar-refractivity contribution >= 4 is 122 Å². The van der Waals surface area contributed by atoms with Gasteiger partial charge in [0.05, 0.1) is 0 Å². The van der Waals surface area contributed by atoms with Crippen molar-refractivity contribution in [3.05, 3.63) is 364 Å². The summed E-state index contributed by atoms with van der Waals surface area (Å²) in [5.74, 6) is 0. The standard InChI is InChI=1S/4C18H15P.2BrH.Pd/c4*1-4-10-16(11-5-1)19(17-12-6-2-7-13-17)18-14-8-3-9-15-18;;;/h4*1-15H;2*1H;/q;;;;;;+2/p-2. The van der Waals surface area contributed by atoms with Crippen LogP contribution >= 0.6 is 58.5 Å². The topological polar surface area (TPSA) is 0 Å². The number of hydrogen-bond donors (Lipinski definition) is 0. The zero-order valence-corrected chi connectivity index (χ0v) is 51.8. The van der Waals surface area contributed by atoms with Crippen LogP contribution in [0.2, 0.25) is 0 Å². The van der Waals surface area contributed by atoms with E-state index in [1.165, 1.54) is 63.7 Å². The molecule has 0 unspecified atom stereocenters. The third-order valence-corrected chi connectivity index (χ3v) is 21.9. The first-order valence-corrected chi connectivity index (χ1v) is 38.3. The summed E-state index contributed by atoms with van der Waals surface area (Å²) in [6.07, 6.45) is 0. The fraction of sp³-hybridized carbons (Fsp3) is 0. The molecule has 0 fully saturated rings. The van der Waals surface area contributed by atoms with Crippen LogP contribution in [0.1, 0.15) is 0 Å². The first-order chi connectivity index (χ1) is 39.2. The van der Waals surface area contributed by atoms with Crippen molar-refractivity contribution in [3.8, 4) is 0 Å². The van der Waals surface area contributed by atoms with Crippen LogP contribution in [0.5, 0.6) is 0 Å². The van der Waals surface area contributed by atoms with Crippen LogP contribution in [0, 0.1) is 0 Å². The molecule has 79 heavy (non-hydrogen) atoms. The van der Waals surface area contributed by atoms with Crippen LogP contribution < -0.4 is 63.7 Å². The number of halogens is 2. The normalized spacial score (nSPS) is 10.5. The molecular weight excluding hydrogens is 1250 g/mol. The first-order valence-electron chi connectivity index (χ1n) is 25.9. The molecule has 0 amide bonds. The summed E-state index contributed by atoms with van der Waals surface area (Å²) in [6.45, 7) is 0. The van der Waals surface area contributed by atoms with Gasteiger partial charge < -0.3 is 0 Å². The molecule has 0 aromatic heterocycles. The molecule has 0 aliphatic rings. The molecule has 12 aromatic carbocycles. The SMILES string of the molecule is [Br][Pd][Br].c1ccc(P(c2ccccc2)c2ccccc2)cc1.c1ccc(P(c2ccccc2)c2ccccc2)cc1.c1ccc(P(c2ccccc2)c2ccccc2)cc1.c1ccc(P(c2ccccc2)c2ccccc2)cc1. The molecule has 12 rings (SSSR count). The number of rotatable bonds is 12. The predicted octanol–water partition coefficient (Wildman–Crippen LogP) is 15.5. The molecule has 0 radical (unpaired) electrons. The summed E-state index contributed by atoms with van der Waals surface area (Å²) in [5.41, 5.74) is 0. The second-order valence-electron chi connectivity index (χ2n) is 17.4. The Hall–Kier alpha value is -6.02. The minimum Gasteiger partial charge on any atom is -0.0622 e. The second kappa shape index (κ2) is 34.2. The summed E-state index contributed by atoms with van der Waals surface area (Å²) in [6, 6.07) is 129. The molecule has 0 aliphatic carbocycles. The van der Waals surface area contributed by atoms with Gasteiger partial charge in [0.25, 0.3) is 0 Å². The molecule has 0 N–H and O–H groups in total. The Morgan fingerprint density at radius 3 is 0.266 bits per heavy atom. The van der Waals surface area contributed by atoms with Gasteiger partial charge in [0.15, 0.2) is 0 Å². The molecule has 0 bridgehead atoms. The molecule has 0 spiro atoms. The van der Waals surface area contributed by atoms with Crippen molar-refractivity contribution in [2.45, 2.75) is 0 Å². The molecule has 7 heteroatoms. The van der Waals surface area contributed by atoms with E-state index in [9.17, 15) is 0 Å². The molecule has 0 aliphatic heterocycles. The van der Waals surface area contributed by atoms with E-state index in [4.69, 9.17) is 0 Å². The molecule has 0 nitrogen and oxygen atoms in total. The Morgan fingerprint density at radius 1 is 0.139 bits per heavy atom. The fourth-order valence-corrected chi connectivity index (χ4v) is 17.9. The van der Waals surface area contributed by atoms with Crippen LogP contribution in [-0.2, 0) is 13.9 Å². The van der Waals surface area contributed by atoms with Crippen LogP contribution in [0.3, 0.4) is 0 Å². The molecular formula is C72H60Br2P4Pd. The minimum absolute atomic E-state index is 0.446. The van der Waals surface area contributed by atoms with Crippen LogP contribution in [-0.4, -0.2) is 0 Å². The van der Waals surface area contributed by atoms with Gasteiger partial charge in [0, 0.05) is 0 Å². The van der Waals surface area contributed by atoms with Gasteiger partial charge in [-0.05, 0) is 95.3 Å². The zero-order chi connectivity index (χ0) is 54.4. The van der Waals surface area contributed by atoms with Crippen molar-refractivity contribution in [2.24, 2.45) is 0 Å². The summed E-state index contributed by atoms with van der Waals surface area (Å²) in [7, 11) is -1.78. The van der Waals surface area contributed by atoms with E-state index in [2.05, 4.69) is 391 Å².